The summed E-state index contributed by atoms with van der Waals surface area (Å²) in [5.74, 6) is 0.793. The molecule has 88 valence electrons. The van der Waals surface area contributed by atoms with Crippen LogP contribution in [0.25, 0.3) is 0 Å². The van der Waals surface area contributed by atoms with Crippen LogP contribution in [-0.2, 0) is 12.8 Å². The average molecular weight is 244 g/mol. The fraction of sp³-hybridized carbons (Fsp3) is 0.500. The van der Waals surface area contributed by atoms with E-state index >= 15 is 0 Å². The van der Waals surface area contributed by atoms with Gasteiger partial charge in [-0.05, 0) is 30.2 Å². The first-order valence-electron chi connectivity index (χ1n) is 5.35. The van der Waals surface area contributed by atoms with Gasteiger partial charge in [-0.1, -0.05) is 11.6 Å². The van der Waals surface area contributed by atoms with Gasteiger partial charge in [-0.2, -0.15) is 0 Å². The van der Waals surface area contributed by atoms with Crippen molar-refractivity contribution < 1.29 is 9.13 Å². The van der Waals surface area contributed by atoms with Crippen LogP contribution in [-0.4, -0.2) is 18.8 Å². The van der Waals surface area contributed by atoms with E-state index in [1.165, 1.54) is 6.92 Å². The summed E-state index contributed by atoms with van der Waals surface area (Å²) in [6, 6.07) is 3.64. The van der Waals surface area contributed by atoms with Gasteiger partial charge in [-0.25, -0.2) is 4.39 Å². The lowest BCUT2D eigenvalue weighted by atomic mass is 9.96. The second kappa shape index (κ2) is 4.22. The van der Waals surface area contributed by atoms with Crippen molar-refractivity contribution in [1.29, 1.82) is 0 Å². The van der Waals surface area contributed by atoms with Crippen molar-refractivity contribution >= 4 is 11.6 Å². The van der Waals surface area contributed by atoms with Gasteiger partial charge in [0, 0.05) is 24.4 Å². The first-order valence-corrected chi connectivity index (χ1v) is 5.73. The Morgan fingerprint density at radius 1 is 1.56 bits per heavy atom. The number of ether oxygens (including phenoxy) is 1. The Morgan fingerprint density at radius 3 is 3.00 bits per heavy atom. The van der Waals surface area contributed by atoms with Crippen LogP contribution in [0.5, 0.6) is 5.75 Å². The van der Waals surface area contributed by atoms with Gasteiger partial charge in [-0.15, -0.1) is 0 Å². The van der Waals surface area contributed by atoms with E-state index in [2.05, 4.69) is 0 Å². The topological polar surface area (TPSA) is 35.2 Å². The fourth-order valence-electron chi connectivity index (χ4n) is 1.95. The highest BCUT2D eigenvalue weighted by Crippen LogP contribution is 2.35. The highest BCUT2D eigenvalue weighted by Gasteiger charge is 2.26. The first kappa shape index (κ1) is 11.7. The zero-order chi connectivity index (χ0) is 11.8. The van der Waals surface area contributed by atoms with Crippen molar-refractivity contribution in [3.05, 3.63) is 28.3 Å². The van der Waals surface area contributed by atoms with E-state index in [1.807, 2.05) is 6.07 Å². The van der Waals surface area contributed by atoms with Crippen LogP contribution >= 0.6 is 11.6 Å². The van der Waals surface area contributed by atoms with E-state index in [0.717, 1.165) is 23.3 Å². The van der Waals surface area contributed by atoms with Crippen LogP contribution in [0.1, 0.15) is 18.1 Å². The van der Waals surface area contributed by atoms with Crippen molar-refractivity contribution in [3.8, 4) is 5.75 Å². The van der Waals surface area contributed by atoms with Crippen molar-refractivity contribution in [3.63, 3.8) is 0 Å². The molecule has 1 heterocycles. The Kier molecular flexibility index (Phi) is 3.08. The van der Waals surface area contributed by atoms with Gasteiger partial charge in [0.05, 0.1) is 6.61 Å². The Labute approximate surface area is 99.5 Å². The number of benzene rings is 1. The third-order valence-electron chi connectivity index (χ3n) is 2.81. The molecule has 0 spiro atoms. The Bertz CT molecular complexity index is 406. The van der Waals surface area contributed by atoms with E-state index < -0.39 is 5.67 Å². The molecule has 0 aliphatic carbocycles. The monoisotopic (exact) mass is 243 g/mol. The lowest BCUT2D eigenvalue weighted by Gasteiger charge is -2.19. The summed E-state index contributed by atoms with van der Waals surface area (Å²) in [5, 5.41) is 0.632. The lowest BCUT2D eigenvalue weighted by Crippen LogP contribution is -2.31. The van der Waals surface area contributed by atoms with Crippen molar-refractivity contribution in [2.24, 2.45) is 5.73 Å². The molecule has 2 rings (SSSR count). The quantitative estimate of drug-likeness (QED) is 0.885. The highest BCUT2D eigenvalue weighted by molar-refractivity contribution is 6.30. The molecule has 4 heteroatoms. The molecule has 1 aromatic carbocycles. The van der Waals surface area contributed by atoms with Gasteiger partial charge in [0.15, 0.2) is 0 Å². The van der Waals surface area contributed by atoms with Crippen LogP contribution in [0, 0.1) is 0 Å². The molecule has 0 saturated heterocycles. The molecule has 1 atom stereocenters. The van der Waals surface area contributed by atoms with Crippen LogP contribution < -0.4 is 10.5 Å². The molecule has 2 nitrogen and oxygen atoms in total. The van der Waals surface area contributed by atoms with Gasteiger partial charge < -0.3 is 10.5 Å². The van der Waals surface area contributed by atoms with Crippen LogP contribution in [0.4, 0.5) is 4.39 Å². The molecule has 0 amide bonds. The van der Waals surface area contributed by atoms with Crippen molar-refractivity contribution in [1.82, 2.24) is 0 Å². The molecule has 0 fully saturated rings. The van der Waals surface area contributed by atoms with Gasteiger partial charge >= 0.3 is 0 Å². The lowest BCUT2D eigenvalue weighted by molar-refractivity contribution is 0.198. The zero-order valence-electron chi connectivity index (χ0n) is 9.22. The molecule has 1 aliphatic heterocycles. The summed E-state index contributed by atoms with van der Waals surface area (Å²) in [4.78, 5) is 0. The minimum atomic E-state index is -1.41. The molecule has 0 bridgehead atoms. The van der Waals surface area contributed by atoms with Crippen molar-refractivity contribution in [2.75, 3.05) is 13.2 Å². The summed E-state index contributed by atoms with van der Waals surface area (Å²) < 4.78 is 19.4. The molecule has 1 aromatic rings. The molecule has 0 saturated carbocycles. The minimum absolute atomic E-state index is 0.00567. The average Bonchev–Trinajstić information content (AvgIpc) is 2.65. The molecular weight excluding hydrogens is 229 g/mol. The summed E-state index contributed by atoms with van der Waals surface area (Å²) in [5.41, 5.74) is 5.86. The zero-order valence-corrected chi connectivity index (χ0v) is 9.98. The number of halogens is 2. The summed E-state index contributed by atoms with van der Waals surface area (Å²) in [7, 11) is 0. The van der Waals surface area contributed by atoms with E-state index in [4.69, 9.17) is 22.1 Å². The maximum atomic E-state index is 13.9. The maximum absolute atomic E-state index is 13.9. The second-order valence-corrected chi connectivity index (χ2v) is 4.88. The molecular formula is C12H15ClFNO. The number of hydrogen-bond donors (Lipinski definition) is 1. The summed E-state index contributed by atoms with van der Waals surface area (Å²) >= 11 is 5.99. The number of nitrogens with two attached hydrogens (primary N) is 1. The molecule has 0 radical (unpaired) electrons. The standard InChI is InChI=1S/C12H15ClFNO/c1-12(14,7-15)6-9-5-10(13)4-8-2-3-16-11(8)9/h4-5H,2-3,6-7,15H2,1H3. The van der Waals surface area contributed by atoms with Gasteiger partial charge in [-0.3, -0.25) is 0 Å². The van der Waals surface area contributed by atoms with E-state index in [-0.39, 0.29) is 13.0 Å². The number of hydrogen-bond acceptors (Lipinski definition) is 2. The third kappa shape index (κ3) is 2.30. The van der Waals surface area contributed by atoms with Crippen LogP contribution in [0.2, 0.25) is 5.02 Å². The Balaban J connectivity index is 2.34. The van der Waals surface area contributed by atoms with Gasteiger partial charge in [0.1, 0.15) is 11.4 Å². The van der Waals surface area contributed by atoms with Crippen molar-refractivity contribution in [2.45, 2.75) is 25.4 Å². The Hall–Kier alpha value is -0.800. The number of rotatable bonds is 3. The maximum Gasteiger partial charge on any atom is 0.126 e. The largest absolute Gasteiger partial charge is 0.493 e. The summed E-state index contributed by atoms with van der Waals surface area (Å²) in [6.07, 6.45) is 1.08. The third-order valence-corrected chi connectivity index (χ3v) is 3.03. The summed E-state index contributed by atoms with van der Waals surface area (Å²) in [6.45, 7) is 2.14. The van der Waals surface area contributed by atoms with E-state index in [9.17, 15) is 4.39 Å². The molecule has 2 N–H and O–H groups in total. The van der Waals surface area contributed by atoms with Gasteiger partial charge in [0.2, 0.25) is 0 Å². The molecule has 0 aromatic heterocycles. The SMILES string of the molecule is CC(F)(CN)Cc1cc(Cl)cc2c1OCC2. The second-order valence-electron chi connectivity index (χ2n) is 4.45. The minimum Gasteiger partial charge on any atom is -0.493 e. The van der Waals surface area contributed by atoms with Crippen LogP contribution in [0.15, 0.2) is 12.1 Å². The molecule has 1 aliphatic rings. The van der Waals surface area contributed by atoms with Crippen LogP contribution in [0.3, 0.4) is 0 Å². The first-order chi connectivity index (χ1) is 7.52. The normalized spacial score (nSPS) is 17.8. The van der Waals surface area contributed by atoms with Gasteiger partial charge in [0.25, 0.3) is 0 Å². The smallest absolute Gasteiger partial charge is 0.126 e. The highest BCUT2D eigenvalue weighted by atomic mass is 35.5. The Morgan fingerprint density at radius 2 is 2.31 bits per heavy atom. The number of fused-ring (bicyclic) bond motifs is 1. The predicted molar refractivity (Wildman–Crippen MR) is 62.9 cm³/mol. The van der Waals surface area contributed by atoms with E-state index in [0.29, 0.717) is 11.6 Å². The molecule has 1 unspecified atom stereocenters. The molecule has 16 heavy (non-hydrogen) atoms. The number of alkyl halides is 1. The fourth-order valence-corrected chi connectivity index (χ4v) is 2.21. The van der Waals surface area contributed by atoms with E-state index in [1.54, 1.807) is 6.07 Å². The predicted octanol–water partition coefficient (Wildman–Crippen LogP) is 2.50.